The summed E-state index contributed by atoms with van der Waals surface area (Å²) in [6, 6.07) is 0. The number of aryl methyl sites for hydroxylation is 2. The molecule has 8 heteroatoms. The zero-order valence-electron chi connectivity index (χ0n) is 12.5. The maximum absolute atomic E-state index is 12.4. The molecule has 0 aromatic carbocycles. The number of nitrogens with zero attached hydrogens (tertiary/aromatic N) is 5. The smallest absolute Gasteiger partial charge is 0.271 e. The molecule has 0 unspecified atom stereocenters. The van der Waals surface area contributed by atoms with Gasteiger partial charge in [0.2, 0.25) is 4.96 Å². The summed E-state index contributed by atoms with van der Waals surface area (Å²) in [5.41, 5.74) is 0.791. The third-order valence-electron chi connectivity index (χ3n) is 3.56. The molecule has 114 valence electrons. The van der Waals surface area contributed by atoms with Crippen LogP contribution in [-0.4, -0.2) is 32.7 Å². The highest BCUT2D eigenvalue weighted by atomic mass is 32.1. The fraction of sp³-hybridized carbons (Fsp3) is 0.500. The molecule has 0 bridgehead atoms. The second kappa shape index (κ2) is 5.50. The summed E-state index contributed by atoms with van der Waals surface area (Å²) in [5, 5.41) is 16.2. The molecule has 0 fully saturated rings. The lowest BCUT2D eigenvalue weighted by Crippen LogP contribution is -2.29. The van der Waals surface area contributed by atoms with E-state index >= 15 is 0 Å². The zero-order valence-corrected chi connectivity index (χ0v) is 13.3. The molecule has 3 heterocycles. The first-order valence-corrected chi connectivity index (χ1v) is 7.85. The number of aromatic nitrogens is 3. The number of nitrogens with one attached hydrogen (secondary N) is 1. The number of carbonyl (C=O) groups excluding carboxylic acids is 1. The first kappa shape index (κ1) is 14.7. The van der Waals surface area contributed by atoms with Crippen LogP contribution in [0, 0.1) is 26.2 Å². The van der Waals surface area contributed by atoms with Gasteiger partial charge in [0.15, 0.2) is 11.4 Å². The van der Waals surface area contributed by atoms with Gasteiger partial charge in [-0.25, -0.2) is 4.98 Å². The van der Waals surface area contributed by atoms with E-state index in [1.54, 1.807) is 4.52 Å². The highest BCUT2D eigenvalue weighted by molar-refractivity contribution is 7.16. The molecule has 0 saturated carbocycles. The van der Waals surface area contributed by atoms with Gasteiger partial charge in [-0.2, -0.15) is 19.8 Å². The van der Waals surface area contributed by atoms with Crippen LogP contribution in [0.2, 0.25) is 0 Å². The summed E-state index contributed by atoms with van der Waals surface area (Å²) in [4.78, 5) is 17.5. The molecular weight excluding hydrogens is 300 g/mol. The molecule has 2 aromatic heterocycles. The highest BCUT2D eigenvalue weighted by Gasteiger charge is 2.38. The third kappa shape index (κ3) is 2.72. The Hall–Kier alpha value is -2.27. The topological polar surface area (TPSA) is 84.0 Å². The van der Waals surface area contributed by atoms with Crippen LogP contribution in [-0.2, 0) is 0 Å². The number of amides is 1. The summed E-state index contributed by atoms with van der Waals surface area (Å²) in [6.07, 6.45) is 7.30. The Kier molecular flexibility index (Phi) is 3.66. The van der Waals surface area contributed by atoms with Crippen molar-refractivity contribution in [2.75, 3.05) is 6.54 Å². The molecule has 1 N–H and O–H groups in total. The average Bonchev–Trinajstić information content (AvgIpc) is 3.05. The Bertz CT molecular complexity index is 790. The molecule has 3 rings (SSSR count). The van der Waals surface area contributed by atoms with E-state index in [0.29, 0.717) is 30.8 Å². The SMILES string of the molecule is C#CCCC1(CCNC(=O)c2c(C)nc3sc(C)nn23)N=N1. The van der Waals surface area contributed by atoms with E-state index < -0.39 is 0 Å². The molecule has 7 nitrogen and oxygen atoms in total. The van der Waals surface area contributed by atoms with E-state index in [-0.39, 0.29) is 11.6 Å². The van der Waals surface area contributed by atoms with Crippen molar-refractivity contribution in [3.05, 3.63) is 16.4 Å². The molecular formula is C14H16N6OS. The summed E-state index contributed by atoms with van der Waals surface area (Å²) in [5.74, 6) is 2.41. The normalized spacial score (nSPS) is 15.0. The van der Waals surface area contributed by atoms with Gasteiger partial charge in [0.25, 0.3) is 5.91 Å². The van der Waals surface area contributed by atoms with Gasteiger partial charge in [-0.05, 0) is 13.8 Å². The van der Waals surface area contributed by atoms with Crippen molar-refractivity contribution in [3.8, 4) is 12.3 Å². The Morgan fingerprint density at radius 1 is 1.41 bits per heavy atom. The molecule has 2 aromatic rings. The van der Waals surface area contributed by atoms with Crippen molar-refractivity contribution >= 4 is 22.2 Å². The monoisotopic (exact) mass is 316 g/mol. The van der Waals surface area contributed by atoms with Crippen molar-refractivity contribution in [2.45, 2.75) is 38.8 Å². The maximum atomic E-state index is 12.4. The Morgan fingerprint density at radius 2 is 2.18 bits per heavy atom. The number of hydrogen-bond donors (Lipinski definition) is 1. The van der Waals surface area contributed by atoms with Crippen LogP contribution in [0.15, 0.2) is 10.2 Å². The largest absolute Gasteiger partial charge is 0.350 e. The fourth-order valence-corrected chi connectivity index (χ4v) is 3.12. The molecule has 0 saturated heterocycles. The molecule has 0 radical (unpaired) electrons. The number of rotatable bonds is 6. The predicted molar refractivity (Wildman–Crippen MR) is 82.9 cm³/mol. The standard InChI is InChI=1S/C14H16N6OS/c1-4-5-6-14(18-19-14)7-8-15-12(21)11-9(2)16-13-20(11)17-10(3)22-13/h1H,5-8H2,2-3H3,(H,15,21). The molecule has 0 spiro atoms. The van der Waals surface area contributed by atoms with Gasteiger partial charge in [-0.1, -0.05) is 11.3 Å². The molecule has 0 atom stereocenters. The van der Waals surface area contributed by atoms with Crippen LogP contribution in [0.4, 0.5) is 0 Å². The minimum atomic E-state index is -0.376. The van der Waals surface area contributed by atoms with Crippen LogP contribution in [0.3, 0.4) is 0 Å². The summed E-state index contributed by atoms with van der Waals surface area (Å²) >= 11 is 1.46. The molecule has 22 heavy (non-hydrogen) atoms. The van der Waals surface area contributed by atoms with Gasteiger partial charge < -0.3 is 5.32 Å². The minimum Gasteiger partial charge on any atom is -0.350 e. The number of carbonyl (C=O) groups is 1. The molecule has 1 aliphatic rings. The van der Waals surface area contributed by atoms with E-state index in [9.17, 15) is 4.79 Å². The predicted octanol–water partition coefficient (Wildman–Crippen LogP) is 2.10. The van der Waals surface area contributed by atoms with Gasteiger partial charge in [-0.3, -0.25) is 4.79 Å². The van der Waals surface area contributed by atoms with E-state index in [0.717, 1.165) is 16.4 Å². The van der Waals surface area contributed by atoms with Crippen LogP contribution >= 0.6 is 11.3 Å². The van der Waals surface area contributed by atoms with Crippen LogP contribution in [0.5, 0.6) is 0 Å². The summed E-state index contributed by atoms with van der Waals surface area (Å²) in [6.45, 7) is 4.19. The minimum absolute atomic E-state index is 0.178. The number of terminal acetylenes is 1. The van der Waals surface area contributed by atoms with Gasteiger partial charge in [-0.15, -0.1) is 12.3 Å². The van der Waals surface area contributed by atoms with Crippen molar-refractivity contribution in [3.63, 3.8) is 0 Å². The Labute approximate surface area is 131 Å². The van der Waals surface area contributed by atoms with Crippen molar-refractivity contribution in [2.24, 2.45) is 10.2 Å². The van der Waals surface area contributed by atoms with E-state index in [1.807, 2.05) is 13.8 Å². The van der Waals surface area contributed by atoms with Crippen LogP contribution < -0.4 is 5.32 Å². The molecule has 0 aliphatic carbocycles. The van der Waals surface area contributed by atoms with Gasteiger partial charge in [0.1, 0.15) is 5.01 Å². The summed E-state index contributed by atoms with van der Waals surface area (Å²) in [7, 11) is 0. The van der Waals surface area contributed by atoms with Gasteiger partial charge in [0, 0.05) is 25.8 Å². The lowest BCUT2D eigenvalue weighted by atomic mass is 10.0. The first-order valence-electron chi connectivity index (χ1n) is 7.03. The third-order valence-corrected chi connectivity index (χ3v) is 4.38. The second-order valence-electron chi connectivity index (χ2n) is 5.25. The van der Waals surface area contributed by atoms with Gasteiger partial charge in [0.05, 0.1) is 5.69 Å². The zero-order chi connectivity index (χ0) is 15.7. The average molecular weight is 316 g/mol. The number of hydrogen-bond acceptors (Lipinski definition) is 6. The number of imidazole rings is 1. The highest BCUT2D eigenvalue weighted by Crippen LogP contribution is 2.36. The lowest BCUT2D eigenvalue weighted by molar-refractivity contribution is 0.0944. The fourth-order valence-electron chi connectivity index (χ4n) is 2.33. The molecule has 1 amide bonds. The van der Waals surface area contributed by atoms with Gasteiger partial charge >= 0.3 is 0 Å². The van der Waals surface area contributed by atoms with Crippen LogP contribution in [0.25, 0.3) is 4.96 Å². The second-order valence-corrected chi connectivity index (χ2v) is 6.41. The number of fused-ring (bicyclic) bond motifs is 1. The van der Waals surface area contributed by atoms with Crippen molar-refractivity contribution < 1.29 is 4.79 Å². The van der Waals surface area contributed by atoms with E-state index in [1.165, 1.54) is 11.3 Å². The quantitative estimate of drug-likeness (QED) is 0.828. The Morgan fingerprint density at radius 3 is 2.86 bits per heavy atom. The maximum Gasteiger partial charge on any atom is 0.271 e. The van der Waals surface area contributed by atoms with Crippen LogP contribution in [0.1, 0.15) is 40.5 Å². The first-order chi connectivity index (χ1) is 10.5. The van der Waals surface area contributed by atoms with Crippen molar-refractivity contribution in [1.82, 2.24) is 19.9 Å². The van der Waals surface area contributed by atoms with E-state index in [2.05, 4.69) is 31.5 Å². The van der Waals surface area contributed by atoms with E-state index in [4.69, 9.17) is 6.42 Å². The molecule has 1 aliphatic heterocycles. The lowest BCUT2D eigenvalue weighted by Gasteiger charge is -2.09. The van der Waals surface area contributed by atoms with Crippen molar-refractivity contribution in [1.29, 1.82) is 0 Å². The Balaban J connectivity index is 1.62. The summed E-state index contributed by atoms with van der Waals surface area (Å²) < 4.78 is 1.60.